The summed E-state index contributed by atoms with van der Waals surface area (Å²) in [6.45, 7) is 6.99. The minimum atomic E-state index is 0.632. The molecule has 0 amide bonds. The largest absolute Gasteiger partial charge is 0.316 e. The van der Waals surface area contributed by atoms with Gasteiger partial charge in [0.15, 0.2) is 0 Å². The van der Waals surface area contributed by atoms with E-state index in [2.05, 4.69) is 57.4 Å². The number of hydrogen-bond donors (Lipinski definition) is 1. The smallest absolute Gasteiger partial charge is 0.0133 e. The predicted octanol–water partition coefficient (Wildman–Crippen LogP) is 4.20. The zero-order chi connectivity index (χ0) is 13.8. The molecule has 1 heteroatoms. The van der Waals surface area contributed by atoms with Crippen LogP contribution in [0.15, 0.2) is 24.3 Å². The monoisotopic (exact) mass is 259 g/mol. The highest BCUT2D eigenvalue weighted by molar-refractivity contribution is 5.22. The fraction of sp³-hybridized carbons (Fsp3) is 0.667. The molecule has 1 aliphatic carbocycles. The van der Waals surface area contributed by atoms with Crippen molar-refractivity contribution in [3.8, 4) is 0 Å². The van der Waals surface area contributed by atoms with E-state index in [-0.39, 0.29) is 0 Å². The minimum Gasteiger partial charge on any atom is -0.316 e. The maximum Gasteiger partial charge on any atom is 0.0133 e. The molecule has 0 saturated heterocycles. The first-order valence-corrected chi connectivity index (χ1v) is 7.81. The fourth-order valence-corrected chi connectivity index (χ4v) is 3.82. The van der Waals surface area contributed by atoms with Crippen molar-refractivity contribution in [2.75, 3.05) is 7.05 Å². The van der Waals surface area contributed by atoms with Crippen molar-refractivity contribution in [3.63, 3.8) is 0 Å². The van der Waals surface area contributed by atoms with Gasteiger partial charge in [-0.25, -0.2) is 0 Å². The van der Waals surface area contributed by atoms with Crippen molar-refractivity contribution < 1.29 is 0 Å². The van der Waals surface area contributed by atoms with Crippen LogP contribution in [0, 0.1) is 24.7 Å². The Hall–Kier alpha value is -0.820. The van der Waals surface area contributed by atoms with E-state index in [0.29, 0.717) is 6.04 Å². The maximum absolute atomic E-state index is 3.58. The first-order valence-electron chi connectivity index (χ1n) is 7.81. The van der Waals surface area contributed by atoms with Gasteiger partial charge in [-0.2, -0.15) is 0 Å². The van der Waals surface area contributed by atoms with Gasteiger partial charge in [-0.15, -0.1) is 0 Å². The lowest BCUT2D eigenvalue weighted by atomic mass is 9.73. The van der Waals surface area contributed by atoms with Crippen LogP contribution in [0.2, 0.25) is 0 Å². The molecule has 1 aromatic carbocycles. The molecule has 0 aromatic heterocycles. The van der Waals surface area contributed by atoms with E-state index < -0.39 is 0 Å². The van der Waals surface area contributed by atoms with Crippen LogP contribution < -0.4 is 5.32 Å². The van der Waals surface area contributed by atoms with Crippen LogP contribution in [0.3, 0.4) is 0 Å². The average molecular weight is 259 g/mol. The Labute approximate surface area is 118 Å². The lowest BCUT2D eigenvalue weighted by Gasteiger charge is -2.36. The van der Waals surface area contributed by atoms with E-state index in [1.807, 2.05) is 0 Å². The zero-order valence-corrected chi connectivity index (χ0v) is 12.9. The summed E-state index contributed by atoms with van der Waals surface area (Å²) in [7, 11) is 2.13. The Kier molecular flexibility index (Phi) is 5.04. The third-order valence-corrected chi connectivity index (χ3v) is 4.73. The van der Waals surface area contributed by atoms with Crippen molar-refractivity contribution in [2.24, 2.45) is 17.8 Å². The Balaban J connectivity index is 2.01. The summed E-state index contributed by atoms with van der Waals surface area (Å²) in [4.78, 5) is 0. The normalized spacial score (nSPS) is 29.2. The van der Waals surface area contributed by atoms with Crippen molar-refractivity contribution >= 4 is 0 Å². The standard InChI is InChI=1S/C18H29N/c1-13-5-7-16(8-6-13)12-18(19-4)17-10-14(2)9-15(3)11-17/h5-8,14-15,17-19H,9-12H2,1-4H3. The number of nitrogens with one attached hydrogen (secondary N) is 1. The predicted molar refractivity (Wildman–Crippen MR) is 83.4 cm³/mol. The third-order valence-electron chi connectivity index (χ3n) is 4.73. The van der Waals surface area contributed by atoms with Crippen molar-refractivity contribution in [1.82, 2.24) is 5.32 Å². The highest BCUT2D eigenvalue weighted by atomic mass is 14.9. The Bertz CT molecular complexity index is 371. The highest BCUT2D eigenvalue weighted by Crippen LogP contribution is 2.35. The second-order valence-electron chi connectivity index (χ2n) is 6.76. The number of rotatable bonds is 4. The van der Waals surface area contributed by atoms with Crippen molar-refractivity contribution in [2.45, 2.75) is 52.5 Å². The van der Waals surface area contributed by atoms with E-state index in [1.54, 1.807) is 0 Å². The second-order valence-corrected chi connectivity index (χ2v) is 6.76. The second kappa shape index (κ2) is 6.56. The van der Waals surface area contributed by atoms with Crippen LogP contribution in [0.1, 0.15) is 44.2 Å². The lowest BCUT2D eigenvalue weighted by Crippen LogP contribution is -2.39. The van der Waals surface area contributed by atoms with E-state index in [4.69, 9.17) is 0 Å². The topological polar surface area (TPSA) is 12.0 Å². The molecule has 0 radical (unpaired) electrons. The van der Waals surface area contributed by atoms with Gasteiger partial charge in [0.1, 0.15) is 0 Å². The first kappa shape index (κ1) is 14.6. The number of benzene rings is 1. The maximum atomic E-state index is 3.58. The molecule has 0 aliphatic heterocycles. The van der Waals surface area contributed by atoms with E-state index in [9.17, 15) is 0 Å². The molecular weight excluding hydrogens is 230 g/mol. The molecule has 1 fully saturated rings. The van der Waals surface area contributed by atoms with Crippen molar-refractivity contribution in [1.29, 1.82) is 0 Å². The summed E-state index contributed by atoms with van der Waals surface area (Å²) in [6.07, 6.45) is 5.36. The summed E-state index contributed by atoms with van der Waals surface area (Å²) < 4.78 is 0. The SMILES string of the molecule is CNC(Cc1ccc(C)cc1)C1CC(C)CC(C)C1. The molecule has 1 nitrogen and oxygen atoms in total. The van der Waals surface area contributed by atoms with Crippen LogP contribution >= 0.6 is 0 Å². The van der Waals surface area contributed by atoms with Gasteiger partial charge < -0.3 is 5.32 Å². The van der Waals surface area contributed by atoms with Gasteiger partial charge in [0.25, 0.3) is 0 Å². The average Bonchev–Trinajstić information content (AvgIpc) is 2.37. The highest BCUT2D eigenvalue weighted by Gasteiger charge is 2.29. The molecule has 0 bridgehead atoms. The van der Waals surface area contributed by atoms with E-state index >= 15 is 0 Å². The molecule has 0 spiro atoms. The van der Waals surface area contributed by atoms with Crippen LogP contribution in [-0.4, -0.2) is 13.1 Å². The van der Waals surface area contributed by atoms with Crippen LogP contribution in [0.5, 0.6) is 0 Å². The number of hydrogen-bond acceptors (Lipinski definition) is 1. The van der Waals surface area contributed by atoms with Gasteiger partial charge >= 0.3 is 0 Å². The minimum absolute atomic E-state index is 0.632. The summed E-state index contributed by atoms with van der Waals surface area (Å²) in [5.41, 5.74) is 2.82. The van der Waals surface area contributed by atoms with Gasteiger partial charge in [0.05, 0.1) is 0 Å². The molecule has 1 aliphatic rings. The Morgan fingerprint density at radius 1 is 1.05 bits per heavy atom. The molecule has 3 atom stereocenters. The molecular formula is C18H29N. The molecule has 19 heavy (non-hydrogen) atoms. The summed E-state index contributed by atoms with van der Waals surface area (Å²) in [6, 6.07) is 9.67. The van der Waals surface area contributed by atoms with Gasteiger partial charge in [0, 0.05) is 6.04 Å². The number of aryl methyl sites for hydroxylation is 1. The quantitative estimate of drug-likeness (QED) is 0.854. The number of likely N-dealkylation sites (N-methyl/N-ethyl adjacent to an activating group) is 1. The summed E-state index contributed by atoms with van der Waals surface area (Å²) in [5.74, 6) is 2.62. The Morgan fingerprint density at radius 3 is 2.16 bits per heavy atom. The molecule has 1 N–H and O–H groups in total. The van der Waals surface area contributed by atoms with Crippen LogP contribution in [0.25, 0.3) is 0 Å². The molecule has 1 aromatic rings. The fourth-order valence-electron chi connectivity index (χ4n) is 3.82. The van der Waals surface area contributed by atoms with Crippen molar-refractivity contribution in [3.05, 3.63) is 35.4 Å². The molecule has 1 saturated carbocycles. The molecule has 0 heterocycles. The van der Waals surface area contributed by atoms with E-state index in [0.717, 1.165) is 17.8 Å². The van der Waals surface area contributed by atoms with Gasteiger partial charge in [0.2, 0.25) is 0 Å². The van der Waals surface area contributed by atoms with Gasteiger partial charge in [-0.05, 0) is 63.0 Å². The van der Waals surface area contributed by atoms with Gasteiger partial charge in [-0.1, -0.05) is 43.7 Å². The molecule has 2 rings (SSSR count). The lowest BCUT2D eigenvalue weighted by molar-refractivity contribution is 0.179. The van der Waals surface area contributed by atoms with Gasteiger partial charge in [-0.3, -0.25) is 0 Å². The van der Waals surface area contributed by atoms with Crippen LogP contribution in [0.4, 0.5) is 0 Å². The zero-order valence-electron chi connectivity index (χ0n) is 12.9. The molecule has 106 valence electrons. The third kappa shape index (κ3) is 4.07. The Morgan fingerprint density at radius 2 is 1.63 bits per heavy atom. The van der Waals surface area contributed by atoms with Crippen LogP contribution in [-0.2, 0) is 6.42 Å². The van der Waals surface area contributed by atoms with E-state index in [1.165, 1.54) is 36.8 Å². The summed E-state index contributed by atoms with van der Waals surface area (Å²) in [5, 5.41) is 3.58. The molecule has 3 unspecified atom stereocenters. The summed E-state index contributed by atoms with van der Waals surface area (Å²) >= 11 is 0. The first-order chi connectivity index (χ1) is 9.08.